The number of nitrogens with one attached hydrogen (secondary N) is 2. The van der Waals surface area contributed by atoms with Gasteiger partial charge in [0.1, 0.15) is 5.75 Å². The molecule has 0 aliphatic heterocycles. The van der Waals surface area contributed by atoms with Gasteiger partial charge in [0, 0.05) is 6.07 Å². The highest BCUT2D eigenvalue weighted by Crippen LogP contribution is 2.27. The van der Waals surface area contributed by atoms with E-state index in [2.05, 4.69) is 10.4 Å². The van der Waals surface area contributed by atoms with Gasteiger partial charge in [-0.15, -0.1) is 0 Å². The SMILES string of the molecule is COc1ccc(N(Nc2nc(C(F)(F)F)cc(=O)[nH]2)C(N)=O)cc1. The van der Waals surface area contributed by atoms with E-state index in [0.29, 0.717) is 11.8 Å². The van der Waals surface area contributed by atoms with Gasteiger partial charge in [-0.3, -0.25) is 15.2 Å². The van der Waals surface area contributed by atoms with Crippen LogP contribution in [0.5, 0.6) is 5.75 Å². The molecule has 0 spiro atoms. The van der Waals surface area contributed by atoms with Crippen molar-refractivity contribution >= 4 is 17.7 Å². The van der Waals surface area contributed by atoms with Crippen LogP contribution in [-0.2, 0) is 6.18 Å². The summed E-state index contributed by atoms with van der Waals surface area (Å²) in [6.07, 6.45) is -4.82. The molecule has 0 saturated carbocycles. The van der Waals surface area contributed by atoms with Crippen LogP contribution in [-0.4, -0.2) is 23.1 Å². The van der Waals surface area contributed by atoms with E-state index >= 15 is 0 Å². The van der Waals surface area contributed by atoms with Crippen molar-refractivity contribution in [2.75, 3.05) is 17.5 Å². The zero-order valence-electron chi connectivity index (χ0n) is 12.2. The zero-order valence-corrected chi connectivity index (χ0v) is 12.2. The monoisotopic (exact) mass is 343 g/mol. The third-order valence-electron chi connectivity index (χ3n) is 2.80. The fraction of sp³-hybridized carbons (Fsp3) is 0.154. The molecular formula is C13H12F3N5O3. The van der Waals surface area contributed by atoms with Crippen LogP contribution in [0, 0.1) is 0 Å². The number of carbonyl (C=O) groups is 1. The van der Waals surface area contributed by atoms with Crippen molar-refractivity contribution in [2.45, 2.75) is 6.18 Å². The summed E-state index contributed by atoms with van der Waals surface area (Å²) in [6, 6.07) is 5.16. The predicted octanol–water partition coefficient (Wildman–Crippen LogP) is 1.71. The van der Waals surface area contributed by atoms with E-state index in [9.17, 15) is 22.8 Å². The lowest BCUT2D eigenvalue weighted by Gasteiger charge is -2.21. The molecule has 0 fully saturated rings. The van der Waals surface area contributed by atoms with Crippen molar-refractivity contribution in [2.24, 2.45) is 5.73 Å². The largest absolute Gasteiger partial charge is 0.497 e. The van der Waals surface area contributed by atoms with Gasteiger partial charge in [0.2, 0.25) is 5.95 Å². The molecule has 8 nitrogen and oxygen atoms in total. The highest BCUT2D eigenvalue weighted by atomic mass is 19.4. The third kappa shape index (κ3) is 3.94. The first-order valence-corrected chi connectivity index (χ1v) is 6.39. The average molecular weight is 343 g/mol. The number of alkyl halides is 3. The molecule has 2 amide bonds. The van der Waals surface area contributed by atoms with E-state index in [1.165, 1.54) is 31.4 Å². The van der Waals surface area contributed by atoms with Gasteiger partial charge < -0.3 is 10.5 Å². The number of ether oxygens (including phenoxy) is 1. The van der Waals surface area contributed by atoms with Crippen LogP contribution in [0.1, 0.15) is 5.69 Å². The summed E-state index contributed by atoms with van der Waals surface area (Å²) in [5.41, 5.74) is 5.18. The molecule has 0 saturated heterocycles. The van der Waals surface area contributed by atoms with Crippen LogP contribution < -0.4 is 26.5 Å². The number of hydrogen-bond donors (Lipinski definition) is 3. The maximum absolute atomic E-state index is 12.7. The number of halogens is 3. The molecule has 1 heterocycles. The smallest absolute Gasteiger partial charge is 0.433 e. The molecule has 0 aliphatic rings. The fourth-order valence-corrected chi connectivity index (χ4v) is 1.74. The van der Waals surface area contributed by atoms with E-state index in [0.717, 1.165) is 5.01 Å². The Morgan fingerprint density at radius 1 is 1.33 bits per heavy atom. The van der Waals surface area contributed by atoms with Crippen molar-refractivity contribution in [3.63, 3.8) is 0 Å². The van der Waals surface area contributed by atoms with Crippen molar-refractivity contribution in [1.82, 2.24) is 9.97 Å². The fourth-order valence-electron chi connectivity index (χ4n) is 1.74. The van der Waals surface area contributed by atoms with Crippen LogP contribution in [0.4, 0.5) is 29.6 Å². The summed E-state index contributed by atoms with van der Waals surface area (Å²) in [7, 11) is 1.44. The Morgan fingerprint density at radius 3 is 2.46 bits per heavy atom. The number of aromatic nitrogens is 2. The molecule has 2 aromatic rings. The summed E-state index contributed by atoms with van der Waals surface area (Å²) in [5.74, 6) is -0.0989. The number of nitrogens with zero attached hydrogens (tertiary/aromatic N) is 2. The molecular weight excluding hydrogens is 331 g/mol. The highest BCUT2D eigenvalue weighted by Gasteiger charge is 2.33. The maximum atomic E-state index is 12.7. The standard InChI is InChI=1S/C13H12F3N5O3/c1-24-8-4-2-7(3-5-8)21(11(17)23)20-12-18-9(13(14,15)16)6-10(22)19-12/h2-6H,1H3,(H2,17,23)(H2,18,19,20,22). The molecule has 0 atom stereocenters. The molecule has 0 unspecified atom stereocenters. The normalized spacial score (nSPS) is 11.0. The Kier molecular flexibility index (Phi) is 4.62. The van der Waals surface area contributed by atoms with Gasteiger partial charge in [-0.1, -0.05) is 0 Å². The Hall–Kier alpha value is -3.24. The molecule has 4 N–H and O–H groups in total. The summed E-state index contributed by atoms with van der Waals surface area (Å²) in [6.45, 7) is 0. The van der Waals surface area contributed by atoms with Gasteiger partial charge in [0.05, 0.1) is 12.8 Å². The van der Waals surface area contributed by atoms with E-state index < -0.39 is 29.4 Å². The van der Waals surface area contributed by atoms with Crippen LogP contribution in [0.25, 0.3) is 0 Å². The third-order valence-corrected chi connectivity index (χ3v) is 2.80. The van der Waals surface area contributed by atoms with Crippen molar-refractivity contribution < 1.29 is 22.7 Å². The predicted molar refractivity (Wildman–Crippen MR) is 78.5 cm³/mol. The summed E-state index contributed by atoms with van der Waals surface area (Å²) >= 11 is 0. The lowest BCUT2D eigenvalue weighted by atomic mass is 10.3. The molecule has 0 aliphatic carbocycles. The second-order valence-electron chi connectivity index (χ2n) is 4.46. The molecule has 1 aromatic carbocycles. The number of hydrazine groups is 1. The Labute approximate surface area is 133 Å². The Morgan fingerprint density at radius 2 is 1.96 bits per heavy atom. The Balaban J connectivity index is 2.36. The number of primary amides is 1. The summed E-state index contributed by atoms with van der Waals surface area (Å²) < 4.78 is 43.0. The lowest BCUT2D eigenvalue weighted by molar-refractivity contribution is -0.141. The molecule has 1 aromatic heterocycles. The molecule has 0 radical (unpaired) electrons. The van der Waals surface area contributed by atoms with Crippen molar-refractivity contribution in [3.8, 4) is 5.75 Å². The van der Waals surface area contributed by atoms with E-state index in [-0.39, 0.29) is 5.69 Å². The average Bonchev–Trinajstić information content (AvgIpc) is 2.51. The second-order valence-corrected chi connectivity index (χ2v) is 4.46. The number of carbonyl (C=O) groups excluding carboxylic acids is 1. The maximum Gasteiger partial charge on any atom is 0.433 e. The number of rotatable bonds is 4. The number of amides is 2. The molecule has 128 valence electrons. The van der Waals surface area contributed by atoms with Crippen LogP contribution in [0.15, 0.2) is 35.1 Å². The van der Waals surface area contributed by atoms with Gasteiger partial charge >= 0.3 is 12.2 Å². The highest BCUT2D eigenvalue weighted by molar-refractivity contribution is 5.92. The summed E-state index contributed by atoms with van der Waals surface area (Å²) in [5, 5.41) is 0.720. The first kappa shape index (κ1) is 17.1. The Bertz CT molecular complexity index is 789. The van der Waals surface area contributed by atoms with Crippen LogP contribution in [0.2, 0.25) is 0 Å². The summed E-state index contributed by atoms with van der Waals surface area (Å²) in [4.78, 5) is 28.1. The molecule has 0 bridgehead atoms. The number of urea groups is 1. The van der Waals surface area contributed by atoms with Crippen molar-refractivity contribution in [3.05, 3.63) is 46.4 Å². The number of H-pyrrole nitrogens is 1. The number of methoxy groups -OCH3 is 1. The number of aromatic amines is 1. The quantitative estimate of drug-likeness (QED) is 0.732. The van der Waals surface area contributed by atoms with Gasteiger partial charge in [-0.2, -0.15) is 13.2 Å². The van der Waals surface area contributed by atoms with Gasteiger partial charge in [0.25, 0.3) is 5.56 Å². The van der Waals surface area contributed by atoms with E-state index in [4.69, 9.17) is 10.5 Å². The first-order chi connectivity index (χ1) is 11.2. The molecule has 24 heavy (non-hydrogen) atoms. The number of nitrogens with two attached hydrogens (primary N) is 1. The second kappa shape index (κ2) is 6.48. The molecule has 2 rings (SSSR count). The van der Waals surface area contributed by atoms with E-state index in [1.807, 2.05) is 4.98 Å². The first-order valence-electron chi connectivity index (χ1n) is 6.39. The van der Waals surface area contributed by atoms with Gasteiger partial charge in [0.15, 0.2) is 5.69 Å². The minimum absolute atomic E-state index is 0.198. The van der Waals surface area contributed by atoms with Crippen LogP contribution >= 0.6 is 0 Å². The number of anilines is 2. The van der Waals surface area contributed by atoms with Crippen molar-refractivity contribution in [1.29, 1.82) is 0 Å². The number of hydrogen-bond acceptors (Lipinski definition) is 5. The number of benzene rings is 1. The lowest BCUT2D eigenvalue weighted by Crippen LogP contribution is -2.41. The zero-order chi connectivity index (χ0) is 17.9. The van der Waals surface area contributed by atoms with Gasteiger partial charge in [-0.25, -0.2) is 14.8 Å². The van der Waals surface area contributed by atoms with E-state index in [1.54, 1.807) is 0 Å². The molecule has 11 heteroatoms. The minimum atomic E-state index is -4.82. The minimum Gasteiger partial charge on any atom is -0.497 e. The topological polar surface area (TPSA) is 113 Å². The van der Waals surface area contributed by atoms with Gasteiger partial charge in [-0.05, 0) is 24.3 Å². The van der Waals surface area contributed by atoms with Crippen LogP contribution in [0.3, 0.4) is 0 Å².